The highest BCUT2D eigenvalue weighted by Gasteiger charge is 2.16. The fourth-order valence-corrected chi connectivity index (χ4v) is 5.64. The molecule has 0 aliphatic rings. The van der Waals surface area contributed by atoms with E-state index in [2.05, 4.69) is 37.9 Å². The first kappa shape index (κ1) is 19.2. The summed E-state index contributed by atoms with van der Waals surface area (Å²) in [7, 11) is 0. The summed E-state index contributed by atoms with van der Waals surface area (Å²) in [5, 5.41) is 13.7. The smallest absolute Gasteiger partial charge is 0.258 e. The van der Waals surface area contributed by atoms with Crippen molar-refractivity contribution >= 4 is 39.4 Å². The predicted molar refractivity (Wildman–Crippen MR) is 123 cm³/mol. The summed E-state index contributed by atoms with van der Waals surface area (Å²) in [6.45, 7) is 2.60. The fraction of sp³-hybridized carbons (Fsp3) is 0.143. The van der Waals surface area contributed by atoms with Crippen LogP contribution in [0.5, 0.6) is 0 Å². The van der Waals surface area contributed by atoms with Crippen LogP contribution in [0.25, 0.3) is 15.7 Å². The Morgan fingerprint density at radius 2 is 1.93 bits per heavy atom. The van der Waals surface area contributed by atoms with Gasteiger partial charge in [0.25, 0.3) is 5.56 Å². The third kappa shape index (κ3) is 3.71. The van der Waals surface area contributed by atoms with Crippen molar-refractivity contribution in [3.05, 3.63) is 86.6 Å². The molecule has 0 bridgehead atoms. The number of benzene rings is 1. The number of hydrogen-bond donors (Lipinski definition) is 0. The molecule has 0 saturated heterocycles. The van der Waals surface area contributed by atoms with Gasteiger partial charge in [-0.25, -0.2) is 4.98 Å². The Hall–Kier alpha value is -2.75. The van der Waals surface area contributed by atoms with Crippen molar-refractivity contribution in [2.75, 3.05) is 0 Å². The number of fused-ring (bicyclic) bond motifs is 1. The molecule has 9 heteroatoms. The van der Waals surface area contributed by atoms with Crippen molar-refractivity contribution in [1.82, 2.24) is 24.1 Å². The second-order valence-electron chi connectivity index (χ2n) is 6.72. The molecule has 0 amide bonds. The van der Waals surface area contributed by atoms with Crippen molar-refractivity contribution in [2.24, 2.45) is 0 Å². The molecule has 0 aliphatic heterocycles. The molecule has 30 heavy (non-hydrogen) atoms. The average Bonchev–Trinajstić information content (AvgIpc) is 3.48. The van der Waals surface area contributed by atoms with Gasteiger partial charge in [-0.3, -0.25) is 13.8 Å². The topological polar surface area (TPSA) is 65.1 Å². The van der Waals surface area contributed by atoms with Crippen LogP contribution in [0.4, 0.5) is 0 Å². The van der Waals surface area contributed by atoms with Gasteiger partial charge >= 0.3 is 0 Å². The van der Waals surface area contributed by atoms with E-state index in [4.69, 9.17) is 0 Å². The van der Waals surface area contributed by atoms with Crippen LogP contribution in [0.1, 0.15) is 17.0 Å². The molecule has 5 rings (SSSR count). The van der Waals surface area contributed by atoms with E-state index in [1.165, 1.54) is 16.9 Å². The molecule has 0 aliphatic carbocycles. The SMILES string of the molecule is Cc1csc2nc(CSc3nnc(-c4cccs4)n3Cc3ccccc3)cc(=O)n12. The zero-order chi connectivity index (χ0) is 20.5. The van der Waals surface area contributed by atoms with Gasteiger partial charge in [-0.05, 0) is 23.9 Å². The molecule has 5 aromatic rings. The van der Waals surface area contributed by atoms with Crippen LogP contribution in [0.2, 0.25) is 0 Å². The molecule has 1 aromatic carbocycles. The van der Waals surface area contributed by atoms with Gasteiger partial charge in [-0.2, -0.15) is 0 Å². The van der Waals surface area contributed by atoms with Crippen LogP contribution in [-0.4, -0.2) is 24.1 Å². The van der Waals surface area contributed by atoms with Gasteiger partial charge in [0, 0.05) is 22.9 Å². The van der Waals surface area contributed by atoms with E-state index in [0.29, 0.717) is 12.3 Å². The van der Waals surface area contributed by atoms with Crippen LogP contribution < -0.4 is 5.56 Å². The standard InChI is InChI=1S/C21H17N5OS3/c1-14-12-29-20-22-16(10-18(27)26(14)20)13-30-21-24-23-19(17-8-5-9-28-17)25(21)11-15-6-3-2-4-7-15/h2-10,12H,11,13H2,1H3. The largest absolute Gasteiger partial charge is 0.297 e. The van der Waals surface area contributed by atoms with Crippen molar-refractivity contribution in [3.63, 3.8) is 0 Å². The van der Waals surface area contributed by atoms with Crippen LogP contribution >= 0.6 is 34.4 Å². The number of aryl methyl sites for hydroxylation is 1. The second-order valence-corrected chi connectivity index (χ2v) is 9.45. The Morgan fingerprint density at radius 3 is 2.73 bits per heavy atom. The van der Waals surface area contributed by atoms with Crippen LogP contribution in [0.3, 0.4) is 0 Å². The predicted octanol–water partition coefficient (Wildman–Crippen LogP) is 4.73. The summed E-state index contributed by atoms with van der Waals surface area (Å²) in [5.74, 6) is 1.41. The maximum Gasteiger partial charge on any atom is 0.258 e. The lowest BCUT2D eigenvalue weighted by atomic mass is 10.2. The van der Waals surface area contributed by atoms with Crippen molar-refractivity contribution in [1.29, 1.82) is 0 Å². The zero-order valence-corrected chi connectivity index (χ0v) is 18.5. The van der Waals surface area contributed by atoms with E-state index in [1.807, 2.05) is 41.9 Å². The molecule has 4 aromatic heterocycles. The lowest BCUT2D eigenvalue weighted by Gasteiger charge is -2.09. The lowest BCUT2D eigenvalue weighted by Crippen LogP contribution is -2.14. The van der Waals surface area contributed by atoms with Gasteiger partial charge in [0.1, 0.15) is 0 Å². The fourth-order valence-electron chi connectivity index (χ4n) is 3.21. The van der Waals surface area contributed by atoms with Crippen molar-refractivity contribution < 1.29 is 0 Å². The molecular weight excluding hydrogens is 434 g/mol. The third-order valence-corrected chi connectivity index (χ3v) is 7.43. The summed E-state index contributed by atoms with van der Waals surface area (Å²) in [6.07, 6.45) is 0. The van der Waals surface area contributed by atoms with Gasteiger partial charge in [0.15, 0.2) is 15.9 Å². The first-order valence-corrected chi connectivity index (χ1v) is 12.0. The second kappa shape index (κ2) is 8.17. The monoisotopic (exact) mass is 451 g/mol. The van der Waals surface area contributed by atoms with E-state index in [-0.39, 0.29) is 5.56 Å². The summed E-state index contributed by atoms with van der Waals surface area (Å²) >= 11 is 4.68. The summed E-state index contributed by atoms with van der Waals surface area (Å²) in [4.78, 5) is 18.9. The van der Waals surface area contributed by atoms with E-state index < -0.39 is 0 Å². The number of thiazole rings is 1. The summed E-state index contributed by atoms with van der Waals surface area (Å²) in [6, 6.07) is 16.0. The third-order valence-electron chi connectivity index (χ3n) is 4.62. The van der Waals surface area contributed by atoms with Crippen LogP contribution in [-0.2, 0) is 12.3 Å². The van der Waals surface area contributed by atoms with Crippen molar-refractivity contribution in [2.45, 2.75) is 24.4 Å². The molecule has 0 N–H and O–H groups in total. The molecule has 0 atom stereocenters. The van der Waals surface area contributed by atoms with Gasteiger partial charge in [0.2, 0.25) is 0 Å². The molecule has 0 saturated carbocycles. The molecule has 0 unspecified atom stereocenters. The Morgan fingerprint density at radius 1 is 1.07 bits per heavy atom. The van der Waals surface area contributed by atoms with E-state index in [1.54, 1.807) is 33.6 Å². The molecule has 150 valence electrons. The van der Waals surface area contributed by atoms with Gasteiger partial charge in [-0.1, -0.05) is 48.2 Å². The molecular formula is C21H17N5OS3. The molecule has 6 nitrogen and oxygen atoms in total. The lowest BCUT2D eigenvalue weighted by molar-refractivity contribution is 0.715. The number of rotatable bonds is 6. The van der Waals surface area contributed by atoms with Gasteiger partial charge in [0.05, 0.1) is 17.1 Å². The number of aromatic nitrogens is 5. The number of thioether (sulfide) groups is 1. The Kier molecular flexibility index (Phi) is 5.24. The van der Waals surface area contributed by atoms with Gasteiger partial charge in [-0.15, -0.1) is 32.9 Å². The van der Waals surface area contributed by atoms with Crippen molar-refractivity contribution in [3.8, 4) is 10.7 Å². The Balaban J connectivity index is 1.46. The van der Waals surface area contributed by atoms with Crippen LogP contribution in [0, 0.1) is 6.92 Å². The maximum atomic E-state index is 12.4. The maximum absolute atomic E-state index is 12.4. The Labute approximate surface area is 184 Å². The zero-order valence-electron chi connectivity index (χ0n) is 16.1. The summed E-state index contributed by atoms with van der Waals surface area (Å²) < 4.78 is 3.78. The first-order valence-electron chi connectivity index (χ1n) is 9.29. The minimum absolute atomic E-state index is 0.0422. The Bertz CT molecular complexity index is 1350. The van der Waals surface area contributed by atoms with E-state index in [0.717, 1.165) is 32.2 Å². The average molecular weight is 452 g/mol. The first-order chi connectivity index (χ1) is 14.7. The minimum Gasteiger partial charge on any atom is -0.297 e. The highest BCUT2D eigenvalue weighted by Crippen LogP contribution is 2.29. The number of nitrogens with zero attached hydrogens (tertiary/aromatic N) is 5. The molecule has 0 spiro atoms. The van der Waals surface area contributed by atoms with E-state index >= 15 is 0 Å². The number of thiophene rings is 1. The minimum atomic E-state index is -0.0422. The highest BCUT2D eigenvalue weighted by atomic mass is 32.2. The molecule has 0 radical (unpaired) electrons. The quantitative estimate of drug-likeness (QED) is 0.349. The molecule has 4 heterocycles. The van der Waals surface area contributed by atoms with E-state index in [9.17, 15) is 4.79 Å². The molecule has 0 fully saturated rings. The normalized spacial score (nSPS) is 11.4. The van der Waals surface area contributed by atoms with Gasteiger partial charge < -0.3 is 0 Å². The van der Waals surface area contributed by atoms with Crippen LogP contribution in [0.15, 0.2) is 69.2 Å². The number of hydrogen-bond acceptors (Lipinski definition) is 7. The summed E-state index contributed by atoms with van der Waals surface area (Å²) in [5.41, 5.74) is 2.80. The highest BCUT2D eigenvalue weighted by molar-refractivity contribution is 7.98.